The highest BCUT2D eigenvalue weighted by Gasteiger charge is 2.15. The van der Waals surface area contributed by atoms with Crippen LogP contribution in [0.2, 0.25) is 0 Å². The molecule has 0 saturated heterocycles. The largest absolute Gasteiger partial charge is 0.362 e. The molecule has 0 aliphatic heterocycles. The van der Waals surface area contributed by atoms with Crippen LogP contribution in [-0.2, 0) is 13.1 Å². The molecule has 2 heterocycles. The van der Waals surface area contributed by atoms with Gasteiger partial charge in [0.25, 0.3) is 5.56 Å². The van der Waals surface area contributed by atoms with E-state index in [9.17, 15) is 4.79 Å². The second-order valence-corrected chi connectivity index (χ2v) is 8.35. The predicted molar refractivity (Wildman–Crippen MR) is 123 cm³/mol. The van der Waals surface area contributed by atoms with Crippen LogP contribution in [0.4, 0.5) is 0 Å². The van der Waals surface area contributed by atoms with Gasteiger partial charge >= 0.3 is 0 Å². The lowest BCUT2D eigenvalue weighted by Gasteiger charge is -2.26. The van der Waals surface area contributed by atoms with Crippen molar-refractivity contribution < 1.29 is 0 Å². The van der Waals surface area contributed by atoms with E-state index in [2.05, 4.69) is 48.2 Å². The number of H-pyrrole nitrogens is 1. The molecule has 3 aromatic rings. The lowest BCUT2D eigenvalue weighted by atomic mass is 10.1. The summed E-state index contributed by atoms with van der Waals surface area (Å²) in [4.78, 5) is 22.1. The molecule has 0 fully saturated rings. The number of rotatable bonds is 6. The van der Waals surface area contributed by atoms with Gasteiger partial charge in [-0.2, -0.15) is 0 Å². The smallest absolute Gasteiger partial charge is 0.253 e. The van der Waals surface area contributed by atoms with Crippen LogP contribution in [0, 0.1) is 19.8 Å². The summed E-state index contributed by atoms with van der Waals surface area (Å²) in [6, 6.07) is 10.1. The van der Waals surface area contributed by atoms with E-state index in [0.717, 1.165) is 28.6 Å². The highest BCUT2D eigenvalue weighted by molar-refractivity contribution is 7.80. The molecule has 0 bridgehead atoms. The molecule has 0 aliphatic rings. The minimum atomic E-state index is -0.0766. The van der Waals surface area contributed by atoms with Gasteiger partial charge in [-0.25, -0.2) is 0 Å². The van der Waals surface area contributed by atoms with Crippen molar-refractivity contribution in [3.05, 3.63) is 75.3 Å². The SMILES string of the molecule is Cc1cc(C)c2[nH]c(=O)c(CN(Cc3cccnc3)C(=S)NCC(C)C)cc2c1. The molecular formula is C23H28N4OS. The van der Waals surface area contributed by atoms with Crippen molar-refractivity contribution in [3.63, 3.8) is 0 Å². The number of nitrogens with zero attached hydrogens (tertiary/aromatic N) is 2. The minimum absolute atomic E-state index is 0.0766. The van der Waals surface area contributed by atoms with Gasteiger partial charge in [0.2, 0.25) is 0 Å². The van der Waals surface area contributed by atoms with E-state index in [-0.39, 0.29) is 5.56 Å². The zero-order valence-electron chi connectivity index (χ0n) is 17.5. The van der Waals surface area contributed by atoms with Crippen LogP contribution in [0.1, 0.15) is 36.1 Å². The van der Waals surface area contributed by atoms with E-state index < -0.39 is 0 Å². The molecule has 2 aromatic heterocycles. The van der Waals surface area contributed by atoms with Crippen molar-refractivity contribution in [2.45, 2.75) is 40.8 Å². The topological polar surface area (TPSA) is 61.0 Å². The maximum Gasteiger partial charge on any atom is 0.253 e. The standard InChI is InChI=1S/C23H28N4OS/c1-15(2)11-25-23(29)27(13-18-6-5-7-24-12-18)14-20-10-19-9-16(3)8-17(4)21(19)26-22(20)28/h5-10,12,15H,11,13-14H2,1-4H3,(H,25,29)(H,26,28). The molecule has 29 heavy (non-hydrogen) atoms. The maximum atomic E-state index is 12.8. The fraction of sp³-hybridized carbons (Fsp3) is 0.348. The van der Waals surface area contributed by atoms with Gasteiger partial charge < -0.3 is 15.2 Å². The van der Waals surface area contributed by atoms with Crippen LogP contribution in [0.3, 0.4) is 0 Å². The fourth-order valence-electron chi connectivity index (χ4n) is 3.37. The number of hydrogen-bond donors (Lipinski definition) is 2. The highest BCUT2D eigenvalue weighted by Crippen LogP contribution is 2.19. The average Bonchev–Trinajstić information content (AvgIpc) is 2.67. The number of pyridine rings is 2. The van der Waals surface area contributed by atoms with Crippen LogP contribution in [-0.4, -0.2) is 26.5 Å². The first-order valence-corrected chi connectivity index (χ1v) is 10.3. The summed E-state index contributed by atoms with van der Waals surface area (Å²) in [5.74, 6) is 0.475. The number of aromatic amines is 1. The van der Waals surface area contributed by atoms with Crippen LogP contribution in [0.15, 0.2) is 47.5 Å². The number of thiocarbonyl (C=S) groups is 1. The summed E-state index contributed by atoms with van der Waals surface area (Å²) in [7, 11) is 0. The van der Waals surface area contributed by atoms with Crippen molar-refractivity contribution in [1.82, 2.24) is 20.2 Å². The molecule has 0 aliphatic carbocycles. The first kappa shape index (κ1) is 21.0. The monoisotopic (exact) mass is 408 g/mol. The van der Waals surface area contributed by atoms with Gasteiger partial charge in [0.05, 0.1) is 12.1 Å². The lowest BCUT2D eigenvalue weighted by Crippen LogP contribution is -2.41. The van der Waals surface area contributed by atoms with Gasteiger partial charge in [0, 0.05) is 31.0 Å². The van der Waals surface area contributed by atoms with E-state index in [0.29, 0.717) is 29.7 Å². The van der Waals surface area contributed by atoms with Crippen molar-refractivity contribution in [2.24, 2.45) is 5.92 Å². The van der Waals surface area contributed by atoms with Gasteiger partial charge in [-0.1, -0.05) is 31.5 Å². The van der Waals surface area contributed by atoms with Crippen molar-refractivity contribution in [2.75, 3.05) is 6.54 Å². The first-order valence-electron chi connectivity index (χ1n) is 9.88. The lowest BCUT2D eigenvalue weighted by molar-refractivity contribution is 0.393. The third-order valence-electron chi connectivity index (χ3n) is 4.78. The van der Waals surface area contributed by atoms with Crippen molar-refractivity contribution in [1.29, 1.82) is 0 Å². The van der Waals surface area contributed by atoms with Gasteiger partial charge in [-0.05, 0) is 66.7 Å². The van der Waals surface area contributed by atoms with Gasteiger partial charge in [-0.15, -0.1) is 0 Å². The Kier molecular flexibility index (Phi) is 6.64. The van der Waals surface area contributed by atoms with E-state index in [4.69, 9.17) is 12.2 Å². The molecule has 5 nitrogen and oxygen atoms in total. The second-order valence-electron chi connectivity index (χ2n) is 7.97. The Hall–Kier alpha value is -2.73. The molecule has 0 spiro atoms. The van der Waals surface area contributed by atoms with Gasteiger partial charge in [-0.3, -0.25) is 9.78 Å². The molecular weight excluding hydrogens is 380 g/mol. The maximum absolute atomic E-state index is 12.8. The van der Waals surface area contributed by atoms with Gasteiger partial charge in [0.1, 0.15) is 0 Å². The van der Waals surface area contributed by atoms with Crippen molar-refractivity contribution in [3.8, 4) is 0 Å². The Labute approximate surface area is 177 Å². The molecule has 1 aromatic carbocycles. The second kappa shape index (κ2) is 9.18. The van der Waals surface area contributed by atoms with E-state index in [1.54, 1.807) is 6.20 Å². The zero-order chi connectivity index (χ0) is 21.0. The summed E-state index contributed by atoms with van der Waals surface area (Å²) < 4.78 is 0. The predicted octanol–water partition coefficient (Wildman–Crippen LogP) is 4.07. The van der Waals surface area contributed by atoms with E-state index in [1.165, 1.54) is 5.56 Å². The number of hydrogen-bond acceptors (Lipinski definition) is 3. The number of aromatic nitrogens is 2. The Balaban J connectivity index is 1.92. The molecule has 0 unspecified atom stereocenters. The molecule has 6 heteroatoms. The van der Waals surface area contributed by atoms with Gasteiger partial charge in [0.15, 0.2) is 5.11 Å². The molecule has 152 valence electrons. The number of benzene rings is 1. The Bertz CT molecular complexity index is 1060. The third kappa shape index (κ3) is 5.41. The fourth-order valence-corrected chi connectivity index (χ4v) is 3.58. The summed E-state index contributed by atoms with van der Waals surface area (Å²) >= 11 is 5.66. The normalized spacial score (nSPS) is 11.1. The molecule has 2 N–H and O–H groups in total. The van der Waals surface area contributed by atoms with Crippen molar-refractivity contribution >= 4 is 28.2 Å². The first-order chi connectivity index (χ1) is 13.8. The van der Waals surface area contributed by atoms with E-state index in [1.807, 2.05) is 36.2 Å². The van der Waals surface area contributed by atoms with Crippen LogP contribution in [0.5, 0.6) is 0 Å². The Morgan fingerprint density at radius 2 is 2.03 bits per heavy atom. The number of fused-ring (bicyclic) bond motifs is 1. The Morgan fingerprint density at radius 3 is 2.72 bits per heavy atom. The average molecular weight is 409 g/mol. The molecule has 3 rings (SSSR count). The van der Waals surface area contributed by atoms with Crippen LogP contribution >= 0.6 is 12.2 Å². The molecule has 0 saturated carbocycles. The summed E-state index contributed by atoms with van der Waals surface area (Å²) in [6.45, 7) is 10.2. The highest BCUT2D eigenvalue weighted by atomic mass is 32.1. The summed E-state index contributed by atoms with van der Waals surface area (Å²) in [6.07, 6.45) is 3.58. The zero-order valence-corrected chi connectivity index (χ0v) is 18.3. The number of aryl methyl sites for hydroxylation is 2. The quantitative estimate of drug-likeness (QED) is 0.602. The number of nitrogens with one attached hydrogen (secondary N) is 2. The summed E-state index contributed by atoms with van der Waals surface area (Å²) in [5, 5.41) is 5.00. The molecule has 0 amide bonds. The molecule has 0 atom stereocenters. The summed E-state index contributed by atoms with van der Waals surface area (Å²) in [5.41, 5.74) is 4.81. The minimum Gasteiger partial charge on any atom is -0.362 e. The van der Waals surface area contributed by atoms with E-state index >= 15 is 0 Å². The third-order valence-corrected chi connectivity index (χ3v) is 5.18. The molecule has 0 radical (unpaired) electrons. The van der Waals surface area contributed by atoms with Crippen LogP contribution in [0.25, 0.3) is 10.9 Å². The Morgan fingerprint density at radius 1 is 1.24 bits per heavy atom. The van der Waals surface area contributed by atoms with Crippen LogP contribution < -0.4 is 10.9 Å².